The number of piperidine rings is 1. The van der Waals surface area contributed by atoms with Crippen molar-refractivity contribution in [2.24, 2.45) is 0 Å². The number of nitrogens with one attached hydrogen (secondary N) is 1. The van der Waals surface area contributed by atoms with Crippen LogP contribution in [0.25, 0.3) is 22.4 Å². The van der Waals surface area contributed by atoms with Crippen LogP contribution in [0.1, 0.15) is 35.1 Å². The highest BCUT2D eigenvalue weighted by Crippen LogP contribution is 2.33. The van der Waals surface area contributed by atoms with Crippen molar-refractivity contribution in [3.63, 3.8) is 0 Å². The molecule has 2 aromatic heterocycles. The Labute approximate surface area is 194 Å². The maximum atomic E-state index is 12.7. The zero-order valence-electron chi connectivity index (χ0n) is 16.9. The Morgan fingerprint density at radius 3 is 2.72 bits per heavy atom. The maximum Gasteiger partial charge on any atom is 0.253 e. The number of halogens is 2. The molecule has 162 valence electrons. The van der Waals surface area contributed by atoms with E-state index in [2.05, 4.69) is 20.5 Å². The van der Waals surface area contributed by atoms with Gasteiger partial charge in [0, 0.05) is 34.8 Å². The zero-order valence-corrected chi connectivity index (χ0v) is 18.4. The van der Waals surface area contributed by atoms with E-state index in [4.69, 9.17) is 27.8 Å². The molecule has 7 nitrogen and oxygen atoms in total. The van der Waals surface area contributed by atoms with Gasteiger partial charge in [0.1, 0.15) is 6.04 Å². The van der Waals surface area contributed by atoms with Crippen molar-refractivity contribution in [1.29, 1.82) is 0 Å². The molecule has 1 aliphatic heterocycles. The minimum absolute atomic E-state index is 0.0959. The average Bonchev–Trinajstić information content (AvgIpc) is 3.29. The first-order valence-electron chi connectivity index (χ1n) is 10.2. The second-order valence-corrected chi connectivity index (χ2v) is 8.59. The Morgan fingerprint density at radius 2 is 1.91 bits per heavy atom. The third kappa shape index (κ3) is 4.32. The Hall–Kier alpha value is -3.00. The molecule has 1 fully saturated rings. The highest BCUT2D eigenvalue weighted by molar-refractivity contribution is 6.30. The second-order valence-electron chi connectivity index (χ2n) is 7.71. The van der Waals surface area contributed by atoms with Gasteiger partial charge in [-0.1, -0.05) is 29.8 Å². The van der Waals surface area contributed by atoms with Gasteiger partial charge in [-0.15, -0.1) is 10.2 Å². The fourth-order valence-electron chi connectivity index (χ4n) is 3.83. The van der Waals surface area contributed by atoms with Crippen molar-refractivity contribution in [2.45, 2.75) is 24.9 Å². The van der Waals surface area contributed by atoms with E-state index in [1.165, 1.54) is 0 Å². The van der Waals surface area contributed by atoms with Crippen molar-refractivity contribution in [3.05, 3.63) is 77.3 Å². The van der Waals surface area contributed by atoms with Gasteiger partial charge in [-0.3, -0.25) is 9.78 Å². The number of aromatic nitrogens is 3. The van der Waals surface area contributed by atoms with Crippen LogP contribution in [0.2, 0.25) is 5.02 Å². The summed E-state index contributed by atoms with van der Waals surface area (Å²) in [7, 11) is 0. The molecule has 1 amide bonds. The topological polar surface area (TPSA) is 84.2 Å². The molecule has 0 aliphatic carbocycles. The fourth-order valence-corrected chi connectivity index (χ4v) is 4.31. The summed E-state index contributed by atoms with van der Waals surface area (Å²) in [6.45, 7) is 0.456. The van der Waals surface area contributed by atoms with Gasteiger partial charge in [0.25, 0.3) is 5.91 Å². The van der Waals surface area contributed by atoms with Crippen molar-refractivity contribution in [3.8, 4) is 11.5 Å². The van der Waals surface area contributed by atoms with Crippen LogP contribution in [0.3, 0.4) is 0 Å². The van der Waals surface area contributed by atoms with E-state index in [1.807, 2.05) is 42.5 Å². The largest absolute Gasteiger partial charge is 0.419 e. The van der Waals surface area contributed by atoms with E-state index in [-0.39, 0.29) is 18.0 Å². The Bertz CT molecular complexity index is 1260. The fraction of sp³-hybridized carbons (Fsp3) is 0.217. The lowest BCUT2D eigenvalue weighted by Gasteiger charge is -2.33. The van der Waals surface area contributed by atoms with Crippen molar-refractivity contribution >= 4 is 40.2 Å². The van der Waals surface area contributed by atoms with Crippen LogP contribution in [0.4, 0.5) is 0 Å². The van der Waals surface area contributed by atoms with Gasteiger partial charge in [0.15, 0.2) is 0 Å². The third-order valence-electron chi connectivity index (χ3n) is 5.53. The molecule has 1 N–H and O–H groups in total. The van der Waals surface area contributed by atoms with Gasteiger partial charge in [0.05, 0.1) is 11.1 Å². The van der Waals surface area contributed by atoms with Crippen LogP contribution < -0.4 is 5.32 Å². The van der Waals surface area contributed by atoms with Crippen LogP contribution >= 0.6 is 23.4 Å². The number of amides is 1. The standard InChI is InChI=1S/C23H19Cl2N5O2/c24-17-7-5-14(6-8-17)22-28-29-23(32-22)20-10-9-18(13-30(20)25)27-21(31)16-11-15-3-1-2-4-19(15)26-12-16/h1-8,11-12,18,20H,9-10,13H2,(H,27,31)/t18-,20+/m0/s1. The van der Waals surface area contributed by atoms with Gasteiger partial charge in [-0.25, -0.2) is 4.42 Å². The summed E-state index contributed by atoms with van der Waals surface area (Å²) in [5.74, 6) is 0.703. The first-order valence-corrected chi connectivity index (χ1v) is 11.0. The van der Waals surface area contributed by atoms with Crippen LogP contribution in [-0.4, -0.2) is 38.1 Å². The molecule has 0 unspecified atom stereocenters. The number of fused-ring (bicyclic) bond motifs is 1. The predicted octanol–water partition coefficient (Wildman–Crippen LogP) is 5.03. The van der Waals surface area contributed by atoms with Gasteiger partial charge < -0.3 is 9.73 Å². The highest BCUT2D eigenvalue weighted by Gasteiger charge is 2.33. The Balaban J connectivity index is 1.23. The number of carbonyl (C=O) groups excluding carboxylic acids is 1. The highest BCUT2D eigenvalue weighted by atomic mass is 35.5. The first-order chi connectivity index (χ1) is 15.6. The SMILES string of the molecule is O=C(N[C@H]1CC[C@H](c2nnc(-c3ccc(Cl)cc3)o2)N(Cl)C1)c1cnc2ccccc2c1. The quantitative estimate of drug-likeness (QED) is 0.423. The Kier molecular flexibility index (Phi) is 5.78. The van der Waals surface area contributed by atoms with Gasteiger partial charge in [-0.2, -0.15) is 0 Å². The molecule has 0 spiro atoms. The number of carbonyl (C=O) groups is 1. The molecule has 3 heterocycles. The molecule has 1 aliphatic rings. The summed E-state index contributed by atoms with van der Waals surface area (Å²) >= 11 is 12.5. The number of benzene rings is 2. The molecule has 0 radical (unpaired) electrons. The molecular formula is C23H19Cl2N5O2. The van der Waals surface area contributed by atoms with E-state index in [0.717, 1.165) is 22.9 Å². The van der Waals surface area contributed by atoms with Crippen molar-refractivity contribution in [2.75, 3.05) is 6.54 Å². The molecule has 2 atom stereocenters. The second kappa shape index (κ2) is 8.86. The van der Waals surface area contributed by atoms with Gasteiger partial charge >= 0.3 is 0 Å². The van der Waals surface area contributed by atoms with Gasteiger partial charge in [-0.05, 0) is 61.0 Å². The van der Waals surface area contributed by atoms with E-state index in [0.29, 0.717) is 35.3 Å². The summed E-state index contributed by atoms with van der Waals surface area (Å²) in [4.78, 5) is 17.1. The number of para-hydroxylation sites is 1. The molecule has 2 aromatic carbocycles. The maximum absolute atomic E-state index is 12.7. The summed E-state index contributed by atoms with van der Waals surface area (Å²) in [6.07, 6.45) is 3.00. The lowest BCUT2D eigenvalue weighted by molar-refractivity contribution is 0.0906. The molecule has 0 bridgehead atoms. The minimum atomic E-state index is -0.222. The first kappa shape index (κ1) is 20.9. The minimum Gasteiger partial charge on any atom is -0.419 e. The van der Waals surface area contributed by atoms with Crippen molar-refractivity contribution < 1.29 is 9.21 Å². The lowest BCUT2D eigenvalue weighted by Crippen LogP contribution is -2.45. The third-order valence-corrected chi connectivity index (χ3v) is 6.15. The van der Waals surface area contributed by atoms with E-state index in [9.17, 15) is 4.79 Å². The molecule has 5 rings (SSSR count). The summed E-state index contributed by atoms with van der Waals surface area (Å²) in [5, 5.41) is 12.9. The number of hydrogen-bond acceptors (Lipinski definition) is 6. The van der Waals surface area contributed by atoms with Crippen LogP contribution in [-0.2, 0) is 0 Å². The zero-order chi connectivity index (χ0) is 22.1. The van der Waals surface area contributed by atoms with Crippen LogP contribution in [0.5, 0.6) is 0 Å². The van der Waals surface area contributed by atoms with E-state index < -0.39 is 0 Å². The van der Waals surface area contributed by atoms with Crippen LogP contribution in [0, 0.1) is 0 Å². The number of hydrogen-bond donors (Lipinski definition) is 1. The molecule has 9 heteroatoms. The average molecular weight is 468 g/mol. The van der Waals surface area contributed by atoms with E-state index >= 15 is 0 Å². The summed E-state index contributed by atoms with van der Waals surface area (Å²) in [6, 6.07) is 16.4. The van der Waals surface area contributed by atoms with Crippen LogP contribution in [0.15, 0.2) is 65.2 Å². The monoisotopic (exact) mass is 467 g/mol. The van der Waals surface area contributed by atoms with Crippen molar-refractivity contribution in [1.82, 2.24) is 24.9 Å². The molecule has 32 heavy (non-hydrogen) atoms. The molecule has 1 saturated heterocycles. The normalized spacial score (nSPS) is 19.2. The molecule has 4 aromatic rings. The summed E-state index contributed by atoms with van der Waals surface area (Å²) < 4.78 is 7.48. The Morgan fingerprint density at radius 1 is 1.09 bits per heavy atom. The van der Waals surface area contributed by atoms with Gasteiger partial charge in [0.2, 0.25) is 11.8 Å². The number of nitrogens with zero attached hydrogens (tertiary/aromatic N) is 4. The van der Waals surface area contributed by atoms with E-state index in [1.54, 1.807) is 22.7 Å². The molecule has 0 saturated carbocycles. The smallest absolute Gasteiger partial charge is 0.253 e. The predicted molar refractivity (Wildman–Crippen MR) is 122 cm³/mol. The lowest BCUT2D eigenvalue weighted by atomic mass is 10.00. The summed E-state index contributed by atoms with van der Waals surface area (Å²) in [5.41, 5.74) is 2.17. The molecular weight excluding hydrogens is 449 g/mol. The number of rotatable bonds is 4. The number of pyridine rings is 1.